The molecule has 6 nitrogen and oxygen atoms in total. The van der Waals surface area contributed by atoms with Crippen molar-refractivity contribution in [3.63, 3.8) is 0 Å². The minimum atomic E-state index is -0.916. The van der Waals surface area contributed by atoms with Crippen molar-refractivity contribution in [3.05, 3.63) is 70.6 Å². The second-order valence-electron chi connectivity index (χ2n) is 5.96. The molecule has 0 aromatic heterocycles. The molecule has 150 valence electrons. The molecule has 0 atom stereocenters. The van der Waals surface area contributed by atoms with E-state index < -0.39 is 35.3 Å². The van der Waals surface area contributed by atoms with Crippen molar-refractivity contribution in [2.24, 2.45) is 0 Å². The molecule has 0 spiro atoms. The van der Waals surface area contributed by atoms with Gasteiger partial charge in [-0.15, -0.1) is 0 Å². The van der Waals surface area contributed by atoms with Gasteiger partial charge in [-0.2, -0.15) is 0 Å². The van der Waals surface area contributed by atoms with Crippen molar-refractivity contribution in [1.29, 1.82) is 0 Å². The third-order valence-electron chi connectivity index (χ3n) is 3.88. The summed E-state index contributed by atoms with van der Waals surface area (Å²) in [5, 5.41) is 2.06. The molecule has 2 aromatic carbocycles. The summed E-state index contributed by atoms with van der Waals surface area (Å²) < 4.78 is 31.3. The first-order valence-electron chi connectivity index (χ1n) is 8.59. The predicted molar refractivity (Wildman–Crippen MR) is 104 cm³/mol. The molecule has 3 rings (SSSR count). The number of halogens is 2. The molecule has 9 heteroatoms. The molecule has 1 fully saturated rings. The van der Waals surface area contributed by atoms with Crippen LogP contribution in [0.2, 0.25) is 0 Å². The lowest BCUT2D eigenvalue weighted by atomic mass is 10.2. The minimum Gasteiger partial charge on any atom is -0.481 e. The summed E-state index contributed by atoms with van der Waals surface area (Å²) in [5.74, 6) is -2.92. The zero-order valence-corrected chi connectivity index (χ0v) is 15.9. The average Bonchev–Trinajstić information content (AvgIpc) is 2.95. The molecular formula is C20H16F2N2O4S. The van der Waals surface area contributed by atoms with Gasteiger partial charge in [0.1, 0.15) is 5.82 Å². The number of thioether (sulfide) groups is 1. The third-order valence-corrected chi connectivity index (χ3v) is 4.79. The number of hydrogen-bond acceptors (Lipinski definition) is 5. The number of ether oxygens (including phenoxy) is 1. The van der Waals surface area contributed by atoms with Crippen molar-refractivity contribution < 1.29 is 27.9 Å². The van der Waals surface area contributed by atoms with Gasteiger partial charge in [0.05, 0.1) is 4.91 Å². The first-order chi connectivity index (χ1) is 13.9. The molecule has 0 radical (unpaired) electrons. The predicted octanol–water partition coefficient (Wildman–Crippen LogP) is 3.20. The molecule has 0 saturated carbocycles. The summed E-state index contributed by atoms with van der Waals surface area (Å²) in [6, 6.07) is 11.9. The Morgan fingerprint density at radius 2 is 1.90 bits per heavy atom. The van der Waals surface area contributed by atoms with Gasteiger partial charge in [-0.25, -0.2) is 8.78 Å². The highest BCUT2D eigenvalue weighted by atomic mass is 32.2. The molecule has 1 aliphatic rings. The van der Waals surface area contributed by atoms with Gasteiger partial charge < -0.3 is 10.1 Å². The van der Waals surface area contributed by atoms with Crippen molar-refractivity contribution in [1.82, 2.24) is 10.2 Å². The highest BCUT2D eigenvalue weighted by Crippen LogP contribution is 2.31. The molecule has 3 amide bonds. The molecular weight excluding hydrogens is 402 g/mol. The fourth-order valence-corrected chi connectivity index (χ4v) is 3.35. The summed E-state index contributed by atoms with van der Waals surface area (Å²) in [5.41, 5.74) is 0.802. The maximum absolute atomic E-state index is 13.5. The summed E-state index contributed by atoms with van der Waals surface area (Å²) >= 11 is 0.835. The molecule has 1 aliphatic heterocycles. The number of imide groups is 1. The molecule has 0 bridgehead atoms. The molecule has 1 N–H and O–H groups in total. The lowest BCUT2D eigenvalue weighted by Gasteiger charge is -2.13. The Hall–Kier alpha value is -3.20. The van der Waals surface area contributed by atoms with Gasteiger partial charge in [-0.05, 0) is 35.5 Å². The van der Waals surface area contributed by atoms with E-state index >= 15 is 0 Å². The van der Waals surface area contributed by atoms with Crippen LogP contribution in [-0.2, 0) is 9.59 Å². The van der Waals surface area contributed by atoms with E-state index in [0.29, 0.717) is 11.0 Å². The zero-order valence-electron chi connectivity index (χ0n) is 15.1. The third kappa shape index (κ3) is 5.41. The van der Waals surface area contributed by atoms with E-state index in [9.17, 15) is 23.2 Å². The second kappa shape index (κ2) is 9.33. The Labute approximate surface area is 169 Å². The van der Waals surface area contributed by atoms with Gasteiger partial charge in [-0.3, -0.25) is 19.3 Å². The quantitative estimate of drug-likeness (QED) is 0.699. The second-order valence-corrected chi connectivity index (χ2v) is 6.95. The first kappa shape index (κ1) is 20.5. The molecule has 0 aliphatic carbocycles. The Balaban J connectivity index is 1.47. The summed E-state index contributed by atoms with van der Waals surface area (Å²) in [7, 11) is 0. The van der Waals surface area contributed by atoms with Crippen molar-refractivity contribution in [3.8, 4) is 5.75 Å². The van der Waals surface area contributed by atoms with E-state index in [0.717, 1.165) is 34.4 Å². The molecule has 0 unspecified atom stereocenters. The van der Waals surface area contributed by atoms with Gasteiger partial charge in [0.15, 0.2) is 18.2 Å². The smallest absolute Gasteiger partial charge is 0.293 e. The maximum Gasteiger partial charge on any atom is 0.293 e. The number of nitrogens with one attached hydrogen (secondary N) is 1. The fourth-order valence-electron chi connectivity index (χ4n) is 2.49. The zero-order chi connectivity index (χ0) is 20.8. The van der Waals surface area contributed by atoms with Gasteiger partial charge in [-0.1, -0.05) is 30.3 Å². The van der Waals surface area contributed by atoms with Crippen LogP contribution in [0.25, 0.3) is 6.08 Å². The Morgan fingerprint density at radius 3 is 2.62 bits per heavy atom. The van der Waals surface area contributed by atoms with E-state index in [1.807, 2.05) is 30.3 Å². The largest absolute Gasteiger partial charge is 0.481 e. The molecule has 29 heavy (non-hydrogen) atoms. The van der Waals surface area contributed by atoms with Crippen LogP contribution in [-0.4, -0.2) is 41.6 Å². The monoisotopic (exact) mass is 418 g/mol. The van der Waals surface area contributed by atoms with Crippen LogP contribution >= 0.6 is 11.8 Å². The minimum absolute atomic E-state index is 0.00650. The highest BCUT2D eigenvalue weighted by molar-refractivity contribution is 8.18. The number of benzene rings is 2. The number of nitrogens with zero attached hydrogens (tertiary/aromatic N) is 1. The Kier molecular flexibility index (Phi) is 6.61. The average molecular weight is 418 g/mol. The number of carbonyl (C=O) groups excluding carboxylic acids is 3. The highest BCUT2D eigenvalue weighted by Gasteiger charge is 2.34. The summed E-state index contributed by atoms with van der Waals surface area (Å²) in [6.07, 6.45) is 1.63. The standard InChI is InChI=1S/C20H16F2N2O4S/c21-14-6-7-16(15(22)11-14)28-12-18(25)23-8-9-24-19(26)17(29-20(24)27)10-13-4-2-1-3-5-13/h1-7,10-11H,8-9,12H2,(H,23,25)/b17-10-. The van der Waals surface area contributed by atoms with Crippen LogP contribution in [0.4, 0.5) is 13.6 Å². The number of amides is 3. The lowest BCUT2D eigenvalue weighted by molar-refractivity contribution is -0.125. The Bertz CT molecular complexity index is 966. The SMILES string of the molecule is O=C(COc1ccc(F)cc1F)NCCN1C(=O)S/C(=C\c2ccccc2)C1=O. The molecule has 1 heterocycles. The van der Waals surface area contributed by atoms with Crippen LogP contribution in [0.5, 0.6) is 5.75 Å². The van der Waals surface area contributed by atoms with Crippen LogP contribution in [0, 0.1) is 11.6 Å². The number of hydrogen-bond donors (Lipinski definition) is 1. The maximum atomic E-state index is 13.5. The van der Waals surface area contributed by atoms with Crippen molar-refractivity contribution in [2.45, 2.75) is 0 Å². The van der Waals surface area contributed by atoms with Crippen molar-refractivity contribution in [2.75, 3.05) is 19.7 Å². The lowest BCUT2D eigenvalue weighted by Crippen LogP contribution is -2.38. The van der Waals surface area contributed by atoms with Crippen LogP contribution in [0.15, 0.2) is 53.4 Å². The van der Waals surface area contributed by atoms with E-state index in [1.165, 1.54) is 0 Å². The van der Waals surface area contributed by atoms with E-state index in [1.54, 1.807) is 6.08 Å². The van der Waals surface area contributed by atoms with Crippen molar-refractivity contribution >= 4 is 34.9 Å². The molecule has 2 aromatic rings. The van der Waals surface area contributed by atoms with Gasteiger partial charge in [0.25, 0.3) is 17.1 Å². The number of rotatable bonds is 7. The van der Waals surface area contributed by atoms with Gasteiger partial charge in [0.2, 0.25) is 0 Å². The molecule has 1 saturated heterocycles. The van der Waals surface area contributed by atoms with E-state index in [4.69, 9.17) is 4.74 Å². The van der Waals surface area contributed by atoms with Crippen LogP contribution < -0.4 is 10.1 Å². The number of carbonyl (C=O) groups is 3. The van der Waals surface area contributed by atoms with Gasteiger partial charge >= 0.3 is 0 Å². The topological polar surface area (TPSA) is 75.7 Å². The fraction of sp³-hybridized carbons (Fsp3) is 0.150. The Morgan fingerprint density at radius 1 is 1.14 bits per heavy atom. The first-order valence-corrected chi connectivity index (χ1v) is 9.40. The van der Waals surface area contributed by atoms with Gasteiger partial charge in [0, 0.05) is 19.2 Å². The van der Waals surface area contributed by atoms with E-state index in [-0.39, 0.29) is 18.8 Å². The summed E-state index contributed by atoms with van der Waals surface area (Å²) in [4.78, 5) is 37.6. The normalized spacial score (nSPS) is 15.1. The van der Waals surface area contributed by atoms with Crippen LogP contribution in [0.3, 0.4) is 0 Å². The van der Waals surface area contributed by atoms with E-state index in [2.05, 4.69) is 5.32 Å². The van der Waals surface area contributed by atoms with Crippen LogP contribution in [0.1, 0.15) is 5.56 Å². The summed E-state index contributed by atoms with van der Waals surface area (Å²) in [6.45, 7) is -0.476.